The number of aromatic nitrogens is 2. The summed E-state index contributed by atoms with van der Waals surface area (Å²) in [5, 5.41) is 18.5. The summed E-state index contributed by atoms with van der Waals surface area (Å²) >= 11 is 5.60. The van der Waals surface area contributed by atoms with E-state index in [1.54, 1.807) is 0 Å². The predicted molar refractivity (Wildman–Crippen MR) is 44.1 cm³/mol. The maximum atomic E-state index is 10.3. The average Bonchev–Trinajstić information content (AvgIpc) is 2.43. The van der Waals surface area contributed by atoms with Crippen LogP contribution in [0.3, 0.4) is 0 Å². The fourth-order valence-electron chi connectivity index (χ4n) is 0.806. The summed E-state index contributed by atoms with van der Waals surface area (Å²) in [7, 11) is 0. The summed E-state index contributed by atoms with van der Waals surface area (Å²) < 4.78 is 1.36. The van der Waals surface area contributed by atoms with Gasteiger partial charge in [-0.2, -0.15) is 5.26 Å². The van der Waals surface area contributed by atoms with Gasteiger partial charge < -0.3 is 10.1 Å². The zero-order valence-corrected chi connectivity index (χ0v) is 7.23. The lowest BCUT2D eigenvalue weighted by molar-refractivity contribution is -0.389. The third kappa shape index (κ3) is 1.95. The second-order valence-corrected chi connectivity index (χ2v) is 2.58. The Bertz CT molecular complexity index is 367. The summed E-state index contributed by atoms with van der Waals surface area (Å²) in [5.41, 5.74) is 0. The van der Waals surface area contributed by atoms with Crippen LogP contribution in [0, 0.1) is 21.4 Å². The first kappa shape index (κ1) is 9.48. The molecule has 68 valence electrons. The quantitative estimate of drug-likeness (QED) is 0.545. The van der Waals surface area contributed by atoms with E-state index in [1.807, 2.05) is 6.07 Å². The van der Waals surface area contributed by atoms with Crippen molar-refractivity contribution < 1.29 is 4.92 Å². The Balaban J connectivity index is 2.88. The maximum absolute atomic E-state index is 10.3. The van der Waals surface area contributed by atoms with Crippen molar-refractivity contribution in [2.75, 3.05) is 0 Å². The molecule has 0 saturated heterocycles. The van der Waals surface area contributed by atoms with Crippen molar-refractivity contribution in [3.05, 3.63) is 21.6 Å². The summed E-state index contributed by atoms with van der Waals surface area (Å²) in [6.07, 6.45) is 1.49. The molecule has 0 N–H and O–H groups in total. The second-order valence-electron chi connectivity index (χ2n) is 2.22. The predicted octanol–water partition coefficient (Wildman–Crippen LogP) is 1.36. The number of halogens is 1. The van der Waals surface area contributed by atoms with Crippen molar-refractivity contribution in [2.45, 2.75) is 13.0 Å². The Morgan fingerprint density at radius 3 is 3.00 bits per heavy atom. The minimum absolute atomic E-state index is 0.0414. The van der Waals surface area contributed by atoms with E-state index >= 15 is 0 Å². The Morgan fingerprint density at radius 2 is 2.54 bits per heavy atom. The smallest absolute Gasteiger partial charge is 0.358 e. The van der Waals surface area contributed by atoms with Gasteiger partial charge in [0.2, 0.25) is 11.5 Å². The van der Waals surface area contributed by atoms with Gasteiger partial charge >= 0.3 is 5.82 Å². The van der Waals surface area contributed by atoms with Gasteiger partial charge in [-0.25, -0.2) is 0 Å². The van der Waals surface area contributed by atoms with Crippen LogP contribution in [0.2, 0.25) is 5.15 Å². The van der Waals surface area contributed by atoms with Gasteiger partial charge in [-0.1, -0.05) is 11.6 Å². The molecule has 0 bridgehead atoms. The summed E-state index contributed by atoms with van der Waals surface area (Å²) in [6.45, 7) is 0.316. The number of nitro groups is 1. The largest absolute Gasteiger partial charge is 0.401 e. The standard InChI is InChI=1S/C6H5ClN4O2/c7-5-6(11(12)13)9-4-10(5)3-1-2-8/h4H,1,3H2. The molecular formula is C6H5ClN4O2. The summed E-state index contributed by atoms with van der Waals surface area (Å²) in [6, 6.07) is 1.90. The number of hydrogen-bond acceptors (Lipinski definition) is 4. The number of aryl methyl sites for hydroxylation is 1. The van der Waals surface area contributed by atoms with Crippen LogP contribution in [-0.4, -0.2) is 14.5 Å². The molecule has 6 nitrogen and oxygen atoms in total. The summed E-state index contributed by atoms with van der Waals surface area (Å²) in [5.74, 6) is -0.375. The van der Waals surface area contributed by atoms with Crippen molar-refractivity contribution in [3.8, 4) is 6.07 Å². The Morgan fingerprint density at radius 1 is 1.85 bits per heavy atom. The molecule has 1 aromatic rings. The Hall–Kier alpha value is -1.61. The molecule has 13 heavy (non-hydrogen) atoms. The fourth-order valence-corrected chi connectivity index (χ4v) is 1.05. The number of imidazole rings is 1. The zero-order chi connectivity index (χ0) is 9.84. The van der Waals surface area contributed by atoms with Crippen molar-refractivity contribution in [3.63, 3.8) is 0 Å². The van der Waals surface area contributed by atoms with Crippen LogP contribution in [0.5, 0.6) is 0 Å². The SMILES string of the molecule is N#CCCn1cnc([N+](=O)[O-])c1Cl. The van der Waals surface area contributed by atoms with Crippen molar-refractivity contribution >= 4 is 17.4 Å². The molecule has 1 rings (SSSR count). The molecule has 0 amide bonds. The molecule has 7 heteroatoms. The van der Waals surface area contributed by atoms with Gasteiger partial charge in [0.15, 0.2) is 0 Å². The van der Waals surface area contributed by atoms with E-state index < -0.39 is 4.92 Å². The summed E-state index contributed by atoms with van der Waals surface area (Å²) in [4.78, 5) is 13.1. The molecule has 1 heterocycles. The van der Waals surface area contributed by atoms with Crippen molar-refractivity contribution in [2.24, 2.45) is 0 Å². The zero-order valence-electron chi connectivity index (χ0n) is 6.47. The molecule has 0 aliphatic heterocycles. The number of nitriles is 1. The first-order valence-corrected chi connectivity index (χ1v) is 3.76. The number of rotatable bonds is 3. The van der Waals surface area contributed by atoms with Crippen LogP contribution in [0.4, 0.5) is 5.82 Å². The number of hydrogen-bond donors (Lipinski definition) is 0. The van der Waals surface area contributed by atoms with Gasteiger partial charge in [0, 0.05) is 6.54 Å². The molecule has 0 fully saturated rings. The van der Waals surface area contributed by atoms with Crippen LogP contribution in [0.15, 0.2) is 6.33 Å². The molecule has 0 radical (unpaired) electrons. The van der Waals surface area contributed by atoms with Gasteiger partial charge in [-0.15, -0.1) is 0 Å². The minimum Gasteiger partial charge on any atom is -0.358 e. The van der Waals surface area contributed by atoms with Gasteiger partial charge in [-0.3, -0.25) is 4.57 Å². The minimum atomic E-state index is -0.662. The molecule has 0 saturated carbocycles. The molecule has 0 aromatic carbocycles. The molecule has 1 aromatic heterocycles. The van der Waals surface area contributed by atoms with E-state index in [1.165, 1.54) is 10.9 Å². The van der Waals surface area contributed by atoms with Crippen LogP contribution in [-0.2, 0) is 6.54 Å². The number of nitrogens with zero attached hydrogens (tertiary/aromatic N) is 4. The normalized spacial score (nSPS) is 9.54. The lowest BCUT2D eigenvalue weighted by atomic mass is 10.5. The second kappa shape index (κ2) is 3.87. The molecule has 0 spiro atoms. The third-order valence-electron chi connectivity index (χ3n) is 1.39. The van der Waals surface area contributed by atoms with Gasteiger partial charge in [0.1, 0.15) is 0 Å². The highest BCUT2D eigenvalue weighted by Gasteiger charge is 2.18. The van der Waals surface area contributed by atoms with E-state index in [0.29, 0.717) is 6.54 Å². The highest BCUT2D eigenvalue weighted by atomic mass is 35.5. The van der Waals surface area contributed by atoms with Gasteiger partial charge in [0.25, 0.3) is 0 Å². The monoisotopic (exact) mass is 200 g/mol. The first-order chi connectivity index (χ1) is 6.16. The topological polar surface area (TPSA) is 84.8 Å². The molecule has 0 aliphatic rings. The van der Waals surface area contributed by atoms with Crippen LogP contribution >= 0.6 is 11.6 Å². The first-order valence-electron chi connectivity index (χ1n) is 3.38. The van der Waals surface area contributed by atoms with E-state index in [2.05, 4.69) is 4.98 Å². The van der Waals surface area contributed by atoms with Crippen molar-refractivity contribution in [1.82, 2.24) is 9.55 Å². The lowest BCUT2D eigenvalue weighted by Crippen LogP contribution is -1.95. The molecular weight excluding hydrogens is 196 g/mol. The molecule has 0 atom stereocenters. The van der Waals surface area contributed by atoms with E-state index in [4.69, 9.17) is 16.9 Å². The van der Waals surface area contributed by atoms with Gasteiger partial charge in [-0.05, 0) is 9.91 Å². The average molecular weight is 201 g/mol. The van der Waals surface area contributed by atoms with Crippen molar-refractivity contribution in [1.29, 1.82) is 5.26 Å². The Labute approximate surface area is 78.5 Å². The highest BCUT2D eigenvalue weighted by Crippen LogP contribution is 2.21. The third-order valence-corrected chi connectivity index (χ3v) is 1.78. The highest BCUT2D eigenvalue weighted by molar-refractivity contribution is 6.31. The van der Waals surface area contributed by atoms with E-state index in [-0.39, 0.29) is 17.4 Å². The molecule has 0 aliphatic carbocycles. The van der Waals surface area contributed by atoms with E-state index in [9.17, 15) is 10.1 Å². The van der Waals surface area contributed by atoms with Gasteiger partial charge in [0.05, 0.1) is 12.5 Å². The van der Waals surface area contributed by atoms with E-state index in [0.717, 1.165) is 0 Å². The molecule has 0 unspecified atom stereocenters. The van der Waals surface area contributed by atoms with Crippen LogP contribution < -0.4 is 0 Å². The van der Waals surface area contributed by atoms with Crippen LogP contribution in [0.25, 0.3) is 0 Å². The van der Waals surface area contributed by atoms with Crippen LogP contribution in [0.1, 0.15) is 6.42 Å². The lowest BCUT2D eigenvalue weighted by Gasteiger charge is -1.95. The Kier molecular flexibility index (Phi) is 2.82. The maximum Gasteiger partial charge on any atom is 0.401 e. The fraction of sp³-hybridized carbons (Fsp3) is 0.333.